The first kappa shape index (κ1) is 7.95. The van der Waals surface area contributed by atoms with Crippen LogP contribution >= 0.6 is 11.3 Å². The third kappa shape index (κ3) is 1.93. The largest absolute Gasteiger partial charge is 0.316 e. The van der Waals surface area contributed by atoms with Crippen LogP contribution in [0.3, 0.4) is 0 Å². The van der Waals surface area contributed by atoms with Gasteiger partial charge in [-0.2, -0.15) is 0 Å². The van der Waals surface area contributed by atoms with Gasteiger partial charge in [0.1, 0.15) is 0 Å². The highest BCUT2D eigenvalue weighted by Gasteiger charge is 2.04. The molecule has 1 aliphatic heterocycles. The predicted molar refractivity (Wildman–Crippen MR) is 52.2 cm³/mol. The molecule has 0 spiro atoms. The summed E-state index contributed by atoms with van der Waals surface area (Å²) in [5.74, 6) is 0. The van der Waals surface area contributed by atoms with Crippen LogP contribution in [0.2, 0.25) is 0 Å². The molecule has 0 unspecified atom stereocenters. The van der Waals surface area contributed by atoms with Crippen molar-refractivity contribution in [3.05, 3.63) is 22.2 Å². The summed E-state index contributed by atoms with van der Waals surface area (Å²) >= 11 is 1.66. The summed E-state index contributed by atoms with van der Waals surface area (Å²) in [5.41, 5.74) is 4.53. The Kier molecular flexibility index (Phi) is 2.54. The highest BCUT2D eigenvalue weighted by Crippen LogP contribution is 2.14. The molecule has 1 fully saturated rings. The molecule has 0 aromatic carbocycles. The summed E-state index contributed by atoms with van der Waals surface area (Å²) in [6.07, 6.45) is 4.58. The van der Waals surface area contributed by atoms with Crippen molar-refractivity contribution in [3.8, 4) is 0 Å². The molecule has 12 heavy (non-hydrogen) atoms. The number of nitrogens with zero attached hydrogens (tertiary/aromatic N) is 1. The highest BCUT2D eigenvalue weighted by molar-refractivity contribution is 7.07. The molecule has 3 heteroatoms. The Morgan fingerprint density at radius 3 is 2.92 bits per heavy atom. The second-order valence-corrected chi connectivity index (χ2v) is 3.68. The summed E-state index contributed by atoms with van der Waals surface area (Å²) in [5, 5.41) is 5.43. The van der Waals surface area contributed by atoms with Crippen molar-refractivity contribution in [1.29, 1.82) is 0 Å². The van der Waals surface area contributed by atoms with Crippen molar-refractivity contribution in [2.24, 2.45) is 0 Å². The topological polar surface area (TPSA) is 24.9 Å². The first-order valence-electron chi connectivity index (χ1n) is 4.23. The average molecular weight is 180 g/mol. The minimum Gasteiger partial charge on any atom is -0.316 e. The fraction of sp³-hybridized carbons (Fsp3) is 0.444. The van der Waals surface area contributed by atoms with Crippen LogP contribution < -0.4 is 5.32 Å². The highest BCUT2D eigenvalue weighted by atomic mass is 32.1. The molecule has 1 N–H and O–H groups in total. The summed E-state index contributed by atoms with van der Waals surface area (Å²) < 4.78 is 0. The first-order valence-corrected chi connectivity index (χ1v) is 5.18. The summed E-state index contributed by atoms with van der Waals surface area (Å²) in [4.78, 5) is 4.23. The van der Waals surface area contributed by atoms with Gasteiger partial charge in [-0.05, 0) is 32.0 Å². The third-order valence-corrected chi connectivity index (χ3v) is 2.65. The first-order chi connectivity index (χ1) is 5.95. The minimum atomic E-state index is 1.12. The van der Waals surface area contributed by atoms with Gasteiger partial charge < -0.3 is 5.32 Å². The second kappa shape index (κ2) is 3.83. The molecule has 0 bridgehead atoms. The monoisotopic (exact) mass is 180 g/mol. The van der Waals surface area contributed by atoms with E-state index in [2.05, 4.69) is 21.8 Å². The predicted octanol–water partition coefficient (Wildman–Crippen LogP) is 1.91. The average Bonchev–Trinajstić information content (AvgIpc) is 2.59. The van der Waals surface area contributed by atoms with Gasteiger partial charge in [0.05, 0.1) is 11.2 Å². The molecule has 1 aromatic rings. The molecule has 64 valence electrons. The Morgan fingerprint density at radius 2 is 2.25 bits per heavy atom. The lowest BCUT2D eigenvalue weighted by atomic mass is 10.0. The maximum atomic E-state index is 4.23. The van der Waals surface area contributed by atoms with Gasteiger partial charge >= 0.3 is 0 Å². The Hall–Kier alpha value is -0.670. The van der Waals surface area contributed by atoms with E-state index < -0.39 is 0 Å². The van der Waals surface area contributed by atoms with Crippen LogP contribution in [0.15, 0.2) is 16.5 Å². The SMILES string of the molecule is C(=C1CCNCC1)c1cscn1. The molecule has 0 saturated carbocycles. The molecule has 0 aliphatic carbocycles. The lowest BCUT2D eigenvalue weighted by Crippen LogP contribution is -2.22. The number of piperidine rings is 1. The summed E-state index contributed by atoms with van der Waals surface area (Å²) in [6, 6.07) is 0. The van der Waals surface area contributed by atoms with Crippen LogP contribution in [-0.4, -0.2) is 18.1 Å². The van der Waals surface area contributed by atoms with Crippen LogP contribution in [0.5, 0.6) is 0 Å². The smallest absolute Gasteiger partial charge is 0.0798 e. The molecule has 2 rings (SSSR count). The molecule has 0 atom stereocenters. The molecule has 0 amide bonds. The lowest BCUT2D eigenvalue weighted by Gasteiger charge is -2.14. The molecule has 1 aromatic heterocycles. The Bertz CT molecular complexity index is 256. The van der Waals surface area contributed by atoms with E-state index in [1.165, 1.54) is 18.4 Å². The Morgan fingerprint density at radius 1 is 1.42 bits per heavy atom. The molecule has 1 aliphatic rings. The van der Waals surface area contributed by atoms with E-state index in [4.69, 9.17) is 0 Å². The maximum absolute atomic E-state index is 4.23. The lowest BCUT2D eigenvalue weighted by molar-refractivity contribution is 0.613. The van der Waals surface area contributed by atoms with E-state index in [0.29, 0.717) is 0 Å². The van der Waals surface area contributed by atoms with Gasteiger partial charge in [0.15, 0.2) is 0 Å². The van der Waals surface area contributed by atoms with E-state index >= 15 is 0 Å². The van der Waals surface area contributed by atoms with E-state index in [1.54, 1.807) is 11.3 Å². The quantitative estimate of drug-likeness (QED) is 0.714. The molecule has 2 nitrogen and oxygen atoms in total. The normalized spacial score (nSPS) is 17.8. The summed E-state index contributed by atoms with van der Waals surface area (Å²) in [6.45, 7) is 2.24. The van der Waals surface area contributed by atoms with Gasteiger partial charge in [0.2, 0.25) is 0 Å². The molecule has 0 radical (unpaired) electrons. The second-order valence-electron chi connectivity index (χ2n) is 2.97. The molecule has 2 heterocycles. The van der Waals surface area contributed by atoms with Gasteiger partial charge in [-0.15, -0.1) is 11.3 Å². The van der Waals surface area contributed by atoms with Crippen LogP contribution in [0.25, 0.3) is 6.08 Å². The van der Waals surface area contributed by atoms with Crippen molar-refractivity contribution >= 4 is 17.4 Å². The Balaban J connectivity index is 2.07. The van der Waals surface area contributed by atoms with Gasteiger partial charge in [-0.3, -0.25) is 0 Å². The zero-order valence-electron chi connectivity index (χ0n) is 6.92. The van der Waals surface area contributed by atoms with Crippen LogP contribution in [0, 0.1) is 0 Å². The van der Waals surface area contributed by atoms with Gasteiger partial charge in [0.25, 0.3) is 0 Å². The van der Waals surface area contributed by atoms with Crippen LogP contribution in [0.1, 0.15) is 18.5 Å². The van der Waals surface area contributed by atoms with Crippen LogP contribution in [-0.2, 0) is 0 Å². The maximum Gasteiger partial charge on any atom is 0.0798 e. The Labute approximate surface area is 76.3 Å². The molecular weight excluding hydrogens is 168 g/mol. The number of nitrogens with one attached hydrogen (secondary N) is 1. The van der Waals surface area contributed by atoms with Crippen LogP contribution in [0.4, 0.5) is 0 Å². The number of rotatable bonds is 1. The van der Waals surface area contributed by atoms with Crippen molar-refractivity contribution in [2.75, 3.05) is 13.1 Å². The van der Waals surface area contributed by atoms with E-state index in [9.17, 15) is 0 Å². The standard InChI is InChI=1S/C9H12N2S/c1-3-10-4-2-8(1)5-9-6-12-7-11-9/h5-7,10H,1-4H2. The number of hydrogen-bond donors (Lipinski definition) is 1. The summed E-state index contributed by atoms with van der Waals surface area (Å²) in [7, 11) is 0. The number of thiazole rings is 1. The minimum absolute atomic E-state index is 1.12. The van der Waals surface area contributed by atoms with E-state index in [1.807, 2.05) is 5.51 Å². The third-order valence-electron chi connectivity index (χ3n) is 2.05. The van der Waals surface area contributed by atoms with Crippen molar-refractivity contribution in [2.45, 2.75) is 12.8 Å². The van der Waals surface area contributed by atoms with Gasteiger partial charge in [0, 0.05) is 5.38 Å². The fourth-order valence-corrected chi connectivity index (χ4v) is 1.91. The zero-order chi connectivity index (χ0) is 8.23. The van der Waals surface area contributed by atoms with E-state index in [0.717, 1.165) is 18.8 Å². The van der Waals surface area contributed by atoms with Crippen molar-refractivity contribution in [3.63, 3.8) is 0 Å². The molecule has 1 saturated heterocycles. The van der Waals surface area contributed by atoms with Gasteiger partial charge in [-0.25, -0.2) is 4.98 Å². The zero-order valence-corrected chi connectivity index (χ0v) is 7.73. The number of hydrogen-bond acceptors (Lipinski definition) is 3. The van der Waals surface area contributed by atoms with E-state index in [-0.39, 0.29) is 0 Å². The van der Waals surface area contributed by atoms with Gasteiger partial charge in [-0.1, -0.05) is 5.57 Å². The van der Waals surface area contributed by atoms with Crippen molar-refractivity contribution in [1.82, 2.24) is 10.3 Å². The number of aromatic nitrogens is 1. The van der Waals surface area contributed by atoms with Crippen molar-refractivity contribution < 1.29 is 0 Å². The molecular formula is C9H12N2S. The fourth-order valence-electron chi connectivity index (χ4n) is 1.39.